The average molecular weight is 408 g/mol. The van der Waals surface area contributed by atoms with Gasteiger partial charge in [0.15, 0.2) is 0 Å². The standard InChI is InChI=1S/C24H25FN2O3/c1-3-22(28)27(20-13-11-18(25)12-14-20)23(17-9-15-21(30-2)16-10-17)24(29)26-19-7-5-4-6-8-19/h1,9-16,19,23H,4-8H2,2H3,(H,26,29). The summed E-state index contributed by atoms with van der Waals surface area (Å²) in [4.78, 5) is 27.3. The van der Waals surface area contributed by atoms with Crippen LogP contribution in [0.4, 0.5) is 10.1 Å². The lowest BCUT2D eigenvalue weighted by Crippen LogP contribution is -2.47. The molecule has 1 saturated carbocycles. The highest BCUT2D eigenvalue weighted by Crippen LogP contribution is 2.30. The van der Waals surface area contributed by atoms with Crippen molar-refractivity contribution >= 4 is 17.5 Å². The fourth-order valence-electron chi connectivity index (χ4n) is 3.79. The summed E-state index contributed by atoms with van der Waals surface area (Å²) in [5.74, 6) is 1.28. The molecule has 0 saturated heterocycles. The molecule has 30 heavy (non-hydrogen) atoms. The fraction of sp³-hybridized carbons (Fsp3) is 0.333. The van der Waals surface area contributed by atoms with Gasteiger partial charge >= 0.3 is 5.91 Å². The molecule has 0 heterocycles. The molecule has 5 nitrogen and oxygen atoms in total. The lowest BCUT2D eigenvalue weighted by atomic mass is 9.94. The first-order valence-electron chi connectivity index (χ1n) is 10.0. The molecule has 0 aliphatic heterocycles. The molecule has 1 aliphatic rings. The molecular weight excluding hydrogens is 383 g/mol. The van der Waals surface area contributed by atoms with Gasteiger partial charge in [-0.1, -0.05) is 31.4 Å². The number of methoxy groups -OCH3 is 1. The number of nitrogens with zero attached hydrogens (tertiary/aromatic N) is 1. The van der Waals surface area contributed by atoms with E-state index >= 15 is 0 Å². The van der Waals surface area contributed by atoms with Crippen LogP contribution in [0.1, 0.15) is 43.7 Å². The van der Waals surface area contributed by atoms with Gasteiger partial charge in [-0.15, -0.1) is 6.42 Å². The van der Waals surface area contributed by atoms with Crippen LogP contribution in [0.2, 0.25) is 0 Å². The molecule has 0 spiro atoms. The van der Waals surface area contributed by atoms with Gasteiger partial charge in [0.2, 0.25) is 5.91 Å². The van der Waals surface area contributed by atoms with Crippen molar-refractivity contribution in [3.05, 3.63) is 59.9 Å². The van der Waals surface area contributed by atoms with Crippen LogP contribution in [-0.2, 0) is 9.59 Å². The number of benzene rings is 2. The Hall–Kier alpha value is -3.33. The molecule has 0 radical (unpaired) electrons. The minimum Gasteiger partial charge on any atom is -0.497 e. The number of amides is 2. The van der Waals surface area contributed by atoms with E-state index < -0.39 is 17.8 Å². The van der Waals surface area contributed by atoms with Crippen molar-refractivity contribution in [3.8, 4) is 18.1 Å². The van der Waals surface area contributed by atoms with Gasteiger partial charge in [-0.2, -0.15) is 0 Å². The van der Waals surface area contributed by atoms with E-state index in [-0.39, 0.29) is 11.9 Å². The Balaban J connectivity index is 2.01. The van der Waals surface area contributed by atoms with Gasteiger partial charge in [0.25, 0.3) is 0 Å². The van der Waals surface area contributed by atoms with Crippen LogP contribution in [0.5, 0.6) is 5.75 Å². The molecule has 6 heteroatoms. The number of halogens is 1. The summed E-state index contributed by atoms with van der Waals surface area (Å²) in [7, 11) is 1.55. The summed E-state index contributed by atoms with van der Waals surface area (Å²) in [6.45, 7) is 0. The van der Waals surface area contributed by atoms with Crippen molar-refractivity contribution in [3.63, 3.8) is 0 Å². The maximum atomic E-state index is 13.5. The highest BCUT2D eigenvalue weighted by molar-refractivity contribution is 6.09. The van der Waals surface area contributed by atoms with Gasteiger partial charge in [0, 0.05) is 11.7 Å². The highest BCUT2D eigenvalue weighted by atomic mass is 19.1. The zero-order chi connectivity index (χ0) is 21.5. The Morgan fingerprint density at radius 2 is 1.73 bits per heavy atom. The van der Waals surface area contributed by atoms with Crippen molar-refractivity contribution in [1.82, 2.24) is 5.32 Å². The number of carbonyl (C=O) groups is 2. The monoisotopic (exact) mass is 408 g/mol. The summed E-state index contributed by atoms with van der Waals surface area (Å²) < 4.78 is 18.7. The van der Waals surface area contributed by atoms with E-state index in [4.69, 9.17) is 11.2 Å². The second kappa shape index (κ2) is 9.93. The highest BCUT2D eigenvalue weighted by Gasteiger charge is 2.33. The largest absolute Gasteiger partial charge is 0.497 e. The first-order chi connectivity index (χ1) is 14.5. The van der Waals surface area contributed by atoms with Crippen LogP contribution in [0.25, 0.3) is 0 Å². The maximum Gasteiger partial charge on any atom is 0.303 e. The fourth-order valence-corrected chi connectivity index (χ4v) is 3.79. The van der Waals surface area contributed by atoms with Crippen molar-refractivity contribution < 1.29 is 18.7 Å². The minimum absolute atomic E-state index is 0.0583. The summed E-state index contributed by atoms with van der Waals surface area (Å²) in [5.41, 5.74) is 0.927. The number of ether oxygens (including phenoxy) is 1. The lowest BCUT2D eigenvalue weighted by molar-refractivity contribution is -0.125. The number of terminal acetylenes is 1. The molecule has 2 aromatic carbocycles. The molecule has 156 valence electrons. The smallest absolute Gasteiger partial charge is 0.303 e. The lowest BCUT2D eigenvalue weighted by Gasteiger charge is -2.32. The molecule has 1 N–H and O–H groups in total. The summed E-state index contributed by atoms with van der Waals surface area (Å²) >= 11 is 0. The van der Waals surface area contributed by atoms with Gasteiger partial charge in [0.05, 0.1) is 7.11 Å². The van der Waals surface area contributed by atoms with Crippen molar-refractivity contribution in [2.75, 3.05) is 12.0 Å². The third kappa shape index (κ3) is 4.98. The molecule has 2 amide bonds. The second-order valence-electron chi connectivity index (χ2n) is 7.32. The topological polar surface area (TPSA) is 58.6 Å². The van der Waals surface area contributed by atoms with E-state index in [1.165, 1.54) is 29.2 Å². The summed E-state index contributed by atoms with van der Waals surface area (Å²) in [6.07, 6.45) is 10.5. The first kappa shape index (κ1) is 21.4. The predicted octanol–water partition coefficient (Wildman–Crippen LogP) is 3.99. The zero-order valence-electron chi connectivity index (χ0n) is 16.9. The molecule has 1 fully saturated rings. The number of rotatable bonds is 6. The number of anilines is 1. The van der Waals surface area contributed by atoms with Crippen LogP contribution in [0.3, 0.4) is 0 Å². The van der Waals surface area contributed by atoms with Crippen molar-refractivity contribution in [2.24, 2.45) is 0 Å². The number of hydrogen-bond donors (Lipinski definition) is 1. The van der Waals surface area contributed by atoms with Crippen LogP contribution >= 0.6 is 0 Å². The van der Waals surface area contributed by atoms with E-state index in [0.717, 1.165) is 32.1 Å². The van der Waals surface area contributed by atoms with Gasteiger partial charge in [-0.3, -0.25) is 14.5 Å². The Kier molecular flexibility index (Phi) is 7.08. The van der Waals surface area contributed by atoms with Crippen LogP contribution in [0.15, 0.2) is 48.5 Å². The maximum absolute atomic E-state index is 13.5. The van der Waals surface area contributed by atoms with Crippen molar-refractivity contribution in [2.45, 2.75) is 44.2 Å². The van der Waals surface area contributed by atoms with E-state index in [9.17, 15) is 14.0 Å². The van der Waals surface area contributed by atoms with Crippen molar-refractivity contribution in [1.29, 1.82) is 0 Å². The Morgan fingerprint density at radius 1 is 1.10 bits per heavy atom. The van der Waals surface area contributed by atoms with Crippen LogP contribution in [0, 0.1) is 18.2 Å². The normalized spacial score (nSPS) is 15.0. The second-order valence-corrected chi connectivity index (χ2v) is 7.32. The van der Waals surface area contributed by atoms with E-state index in [1.54, 1.807) is 31.4 Å². The van der Waals surface area contributed by atoms with E-state index in [0.29, 0.717) is 17.0 Å². The number of carbonyl (C=O) groups excluding carboxylic acids is 2. The van der Waals surface area contributed by atoms with Gasteiger partial charge in [-0.05, 0) is 60.7 Å². The third-order valence-electron chi connectivity index (χ3n) is 5.34. The van der Waals surface area contributed by atoms with E-state index in [2.05, 4.69) is 11.2 Å². The number of hydrogen-bond acceptors (Lipinski definition) is 3. The average Bonchev–Trinajstić information content (AvgIpc) is 2.78. The molecule has 1 atom stereocenters. The SMILES string of the molecule is C#CC(=O)N(c1ccc(F)cc1)C(C(=O)NC1CCCCC1)c1ccc(OC)cc1. The first-order valence-corrected chi connectivity index (χ1v) is 10.0. The van der Waals surface area contributed by atoms with Crippen LogP contribution < -0.4 is 15.0 Å². The van der Waals surface area contributed by atoms with E-state index in [1.807, 2.05) is 0 Å². The quantitative estimate of drug-likeness (QED) is 0.736. The Labute approximate surface area is 176 Å². The predicted molar refractivity (Wildman–Crippen MR) is 113 cm³/mol. The zero-order valence-corrected chi connectivity index (χ0v) is 16.9. The third-order valence-corrected chi connectivity index (χ3v) is 5.34. The van der Waals surface area contributed by atoms with Gasteiger partial charge in [0.1, 0.15) is 17.6 Å². The molecule has 0 aromatic heterocycles. The molecular formula is C24H25FN2O3. The summed E-state index contributed by atoms with van der Waals surface area (Å²) in [5, 5.41) is 3.08. The Morgan fingerprint density at radius 3 is 2.30 bits per heavy atom. The molecule has 1 unspecified atom stereocenters. The number of nitrogens with one attached hydrogen (secondary N) is 1. The van der Waals surface area contributed by atoms with Gasteiger partial charge < -0.3 is 10.1 Å². The minimum atomic E-state index is -0.994. The molecule has 3 rings (SSSR count). The summed E-state index contributed by atoms with van der Waals surface area (Å²) in [6, 6.07) is 11.3. The molecule has 0 bridgehead atoms. The Bertz CT molecular complexity index is 913. The van der Waals surface area contributed by atoms with Gasteiger partial charge in [-0.25, -0.2) is 4.39 Å². The molecule has 2 aromatic rings. The van der Waals surface area contributed by atoms with Crippen LogP contribution in [-0.4, -0.2) is 25.0 Å². The molecule has 1 aliphatic carbocycles.